The number of nitrogens with two attached hydrogens (primary N) is 1. The van der Waals surface area contributed by atoms with Crippen molar-refractivity contribution in [1.29, 1.82) is 0 Å². The average molecular weight is 300 g/mol. The molecule has 0 spiro atoms. The Morgan fingerprint density at radius 3 is 2.32 bits per heavy atom. The summed E-state index contributed by atoms with van der Waals surface area (Å²) in [5.41, 5.74) is 8.79. The Hall–Kier alpha value is -2.36. The lowest BCUT2D eigenvalue weighted by Crippen LogP contribution is -2.09. The Labute approximate surface area is 132 Å². The van der Waals surface area contributed by atoms with Crippen LogP contribution in [0.25, 0.3) is 0 Å². The SMILES string of the molecule is COc1ccc(COc2ccc(NCC(C)C)c(N)c2)cc1. The molecule has 2 rings (SSSR count). The minimum absolute atomic E-state index is 0.502. The van der Waals surface area contributed by atoms with E-state index in [9.17, 15) is 0 Å². The van der Waals surface area contributed by atoms with Gasteiger partial charge in [0.25, 0.3) is 0 Å². The van der Waals surface area contributed by atoms with Gasteiger partial charge in [0.15, 0.2) is 0 Å². The Morgan fingerprint density at radius 2 is 1.73 bits per heavy atom. The molecule has 0 unspecified atom stereocenters. The van der Waals surface area contributed by atoms with E-state index in [1.54, 1.807) is 7.11 Å². The fourth-order valence-electron chi connectivity index (χ4n) is 1.99. The molecule has 0 aliphatic carbocycles. The third-order valence-electron chi connectivity index (χ3n) is 3.29. The molecule has 0 heterocycles. The van der Waals surface area contributed by atoms with Crippen LogP contribution in [0.5, 0.6) is 11.5 Å². The standard InChI is InChI=1S/C18H24N2O2/c1-13(2)11-20-18-9-8-16(10-17(18)19)22-12-14-4-6-15(21-3)7-5-14/h4-10,13,20H,11-12,19H2,1-3H3. The van der Waals surface area contributed by atoms with Gasteiger partial charge in [-0.3, -0.25) is 0 Å². The van der Waals surface area contributed by atoms with Gasteiger partial charge in [0.05, 0.1) is 18.5 Å². The van der Waals surface area contributed by atoms with Crippen molar-refractivity contribution in [3.8, 4) is 11.5 Å². The molecule has 0 fully saturated rings. The van der Waals surface area contributed by atoms with E-state index in [-0.39, 0.29) is 0 Å². The molecular formula is C18H24N2O2. The second-order valence-electron chi connectivity index (χ2n) is 5.66. The number of hydrogen-bond acceptors (Lipinski definition) is 4. The van der Waals surface area contributed by atoms with E-state index < -0.39 is 0 Å². The summed E-state index contributed by atoms with van der Waals surface area (Å²) in [5, 5.41) is 3.33. The van der Waals surface area contributed by atoms with Crippen molar-refractivity contribution in [3.05, 3.63) is 48.0 Å². The average Bonchev–Trinajstić information content (AvgIpc) is 2.52. The van der Waals surface area contributed by atoms with Gasteiger partial charge in [-0.2, -0.15) is 0 Å². The zero-order valence-corrected chi connectivity index (χ0v) is 13.4. The van der Waals surface area contributed by atoms with Crippen LogP contribution in [-0.4, -0.2) is 13.7 Å². The van der Waals surface area contributed by atoms with Gasteiger partial charge >= 0.3 is 0 Å². The van der Waals surface area contributed by atoms with E-state index >= 15 is 0 Å². The van der Waals surface area contributed by atoms with Crippen LogP contribution in [0, 0.1) is 5.92 Å². The van der Waals surface area contributed by atoms with Crippen molar-refractivity contribution in [2.45, 2.75) is 20.5 Å². The summed E-state index contributed by atoms with van der Waals surface area (Å²) in [6.07, 6.45) is 0. The summed E-state index contributed by atoms with van der Waals surface area (Å²) in [5.74, 6) is 2.18. The van der Waals surface area contributed by atoms with Gasteiger partial charge in [0.2, 0.25) is 0 Å². The number of nitrogens with one attached hydrogen (secondary N) is 1. The number of methoxy groups -OCH3 is 1. The second-order valence-corrected chi connectivity index (χ2v) is 5.66. The highest BCUT2D eigenvalue weighted by molar-refractivity contribution is 5.68. The molecule has 0 bridgehead atoms. The molecule has 0 saturated carbocycles. The largest absolute Gasteiger partial charge is 0.497 e. The maximum Gasteiger partial charge on any atom is 0.122 e. The Morgan fingerprint density at radius 1 is 1.05 bits per heavy atom. The first-order chi connectivity index (χ1) is 10.6. The molecule has 4 nitrogen and oxygen atoms in total. The van der Waals surface area contributed by atoms with Crippen LogP contribution in [0.4, 0.5) is 11.4 Å². The first kappa shape index (κ1) is 16.0. The zero-order chi connectivity index (χ0) is 15.9. The molecule has 0 aliphatic heterocycles. The summed E-state index contributed by atoms with van der Waals surface area (Å²) in [6, 6.07) is 13.6. The van der Waals surface area contributed by atoms with Crippen LogP contribution < -0.4 is 20.5 Å². The summed E-state index contributed by atoms with van der Waals surface area (Å²) < 4.78 is 10.9. The van der Waals surface area contributed by atoms with Crippen molar-refractivity contribution >= 4 is 11.4 Å². The van der Waals surface area contributed by atoms with Crippen molar-refractivity contribution in [2.75, 3.05) is 24.7 Å². The lowest BCUT2D eigenvalue weighted by molar-refractivity contribution is 0.306. The van der Waals surface area contributed by atoms with Gasteiger partial charge in [0.1, 0.15) is 18.1 Å². The maximum atomic E-state index is 6.06. The normalized spacial score (nSPS) is 10.5. The molecule has 0 radical (unpaired) electrons. The zero-order valence-electron chi connectivity index (χ0n) is 13.4. The van der Waals surface area contributed by atoms with Gasteiger partial charge in [0, 0.05) is 12.6 Å². The third kappa shape index (κ3) is 4.58. The second kappa shape index (κ2) is 7.59. The fourth-order valence-corrected chi connectivity index (χ4v) is 1.99. The number of anilines is 2. The highest BCUT2D eigenvalue weighted by atomic mass is 16.5. The number of hydrogen-bond donors (Lipinski definition) is 2. The maximum absolute atomic E-state index is 6.06. The molecule has 0 atom stereocenters. The molecule has 2 aromatic carbocycles. The van der Waals surface area contributed by atoms with Gasteiger partial charge in [-0.25, -0.2) is 0 Å². The predicted molar refractivity (Wildman–Crippen MR) is 91.5 cm³/mol. The Bertz CT molecular complexity index is 595. The highest BCUT2D eigenvalue weighted by Crippen LogP contribution is 2.25. The van der Waals surface area contributed by atoms with Crippen molar-refractivity contribution in [1.82, 2.24) is 0 Å². The smallest absolute Gasteiger partial charge is 0.122 e. The van der Waals surface area contributed by atoms with E-state index in [0.717, 1.165) is 29.3 Å². The van der Waals surface area contributed by atoms with Gasteiger partial charge in [-0.15, -0.1) is 0 Å². The van der Waals surface area contributed by atoms with Gasteiger partial charge in [-0.1, -0.05) is 26.0 Å². The first-order valence-corrected chi connectivity index (χ1v) is 7.47. The van der Waals surface area contributed by atoms with Crippen LogP contribution in [0.2, 0.25) is 0 Å². The van der Waals surface area contributed by atoms with Crippen LogP contribution >= 0.6 is 0 Å². The lowest BCUT2D eigenvalue weighted by atomic mass is 10.2. The highest BCUT2D eigenvalue weighted by Gasteiger charge is 2.03. The van der Waals surface area contributed by atoms with Crippen LogP contribution in [-0.2, 0) is 6.61 Å². The summed E-state index contributed by atoms with van der Waals surface area (Å²) in [7, 11) is 1.66. The molecule has 3 N–H and O–H groups in total. The van der Waals surface area contributed by atoms with Crippen molar-refractivity contribution in [2.24, 2.45) is 5.92 Å². The van der Waals surface area contributed by atoms with E-state index in [2.05, 4.69) is 19.2 Å². The quantitative estimate of drug-likeness (QED) is 0.761. The molecule has 0 aromatic heterocycles. The van der Waals surface area contributed by atoms with Crippen LogP contribution in [0.15, 0.2) is 42.5 Å². The molecule has 22 heavy (non-hydrogen) atoms. The molecular weight excluding hydrogens is 276 g/mol. The van der Waals surface area contributed by atoms with E-state index in [4.69, 9.17) is 15.2 Å². The Balaban J connectivity index is 1.93. The van der Waals surface area contributed by atoms with Crippen molar-refractivity contribution < 1.29 is 9.47 Å². The summed E-state index contributed by atoms with van der Waals surface area (Å²) >= 11 is 0. The van der Waals surface area contributed by atoms with Crippen LogP contribution in [0.3, 0.4) is 0 Å². The summed E-state index contributed by atoms with van der Waals surface area (Å²) in [6.45, 7) is 5.73. The third-order valence-corrected chi connectivity index (χ3v) is 3.29. The van der Waals surface area contributed by atoms with E-state index in [0.29, 0.717) is 18.2 Å². The fraction of sp³-hybridized carbons (Fsp3) is 0.333. The molecule has 4 heteroatoms. The molecule has 0 saturated heterocycles. The predicted octanol–water partition coefficient (Wildman–Crippen LogP) is 3.92. The summed E-state index contributed by atoms with van der Waals surface area (Å²) in [4.78, 5) is 0. The lowest BCUT2D eigenvalue weighted by Gasteiger charge is -2.13. The number of nitrogen functional groups attached to an aromatic ring is 1. The monoisotopic (exact) mass is 300 g/mol. The van der Waals surface area contributed by atoms with Gasteiger partial charge in [-0.05, 0) is 35.7 Å². The minimum atomic E-state index is 0.502. The van der Waals surface area contributed by atoms with E-state index in [1.165, 1.54) is 0 Å². The minimum Gasteiger partial charge on any atom is -0.497 e. The van der Waals surface area contributed by atoms with Crippen molar-refractivity contribution in [3.63, 3.8) is 0 Å². The first-order valence-electron chi connectivity index (χ1n) is 7.47. The number of benzene rings is 2. The topological polar surface area (TPSA) is 56.5 Å². The Kier molecular flexibility index (Phi) is 5.53. The molecule has 0 aliphatic rings. The molecule has 0 amide bonds. The van der Waals surface area contributed by atoms with Crippen LogP contribution in [0.1, 0.15) is 19.4 Å². The molecule has 2 aromatic rings. The molecule has 118 valence electrons. The van der Waals surface area contributed by atoms with E-state index in [1.807, 2.05) is 42.5 Å². The van der Waals surface area contributed by atoms with Gasteiger partial charge < -0.3 is 20.5 Å². The number of ether oxygens (including phenoxy) is 2. The number of rotatable bonds is 7.